The van der Waals surface area contributed by atoms with Crippen molar-refractivity contribution in [3.63, 3.8) is 0 Å². The van der Waals surface area contributed by atoms with E-state index in [1.54, 1.807) is 0 Å². The van der Waals surface area contributed by atoms with Gasteiger partial charge < -0.3 is 10.4 Å². The molecule has 1 aromatic heterocycles. The molecule has 18 heavy (non-hydrogen) atoms. The molecule has 3 rings (SSSR count). The normalized spacial score (nSPS) is 19.3. The lowest BCUT2D eigenvalue weighted by molar-refractivity contribution is -0.117. The van der Waals surface area contributed by atoms with Crippen LogP contribution < -0.4 is 5.32 Å². The maximum atomic E-state index is 11.6. The number of carboxylic acids is 1. The number of carboxylic acid groups (broad SMARTS) is 1. The second-order valence-corrected chi connectivity index (χ2v) is 5.93. The molecule has 2 aliphatic rings. The average molecular weight is 266 g/mol. The molecule has 0 atom stereocenters. The molecule has 2 saturated carbocycles. The number of anilines is 1. The highest BCUT2D eigenvalue weighted by Gasteiger charge is 2.32. The van der Waals surface area contributed by atoms with Gasteiger partial charge in [0.05, 0.1) is 5.69 Å². The lowest BCUT2D eigenvalue weighted by Crippen LogP contribution is -2.14. The summed E-state index contributed by atoms with van der Waals surface area (Å²) in [7, 11) is 0. The number of aromatic nitrogens is 1. The van der Waals surface area contributed by atoms with E-state index < -0.39 is 5.97 Å². The Morgan fingerprint density at radius 1 is 1.28 bits per heavy atom. The molecule has 2 N–H and O–H groups in total. The van der Waals surface area contributed by atoms with Crippen LogP contribution in [-0.2, 0) is 4.79 Å². The van der Waals surface area contributed by atoms with Gasteiger partial charge in [-0.2, -0.15) is 0 Å². The van der Waals surface area contributed by atoms with E-state index in [0.717, 1.165) is 43.4 Å². The van der Waals surface area contributed by atoms with Gasteiger partial charge in [0, 0.05) is 11.8 Å². The van der Waals surface area contributed by atoms with Crippen LogP contribution >= 0.6 is 11.3 Å². The number of rotatable bonds is 4. The highest BCUT2D eigenvalue weighted by molar-refractivity contribution is 7.17. The number of nitrogens with zero attached hydrogens (tertiary/aromatic N) is 1. The van der Waals surface area contributed by atoms with E-state index in [4.69, 9.17) is 5.11 Å². The van der Waals surface area contributed by atoms with Gasteiger partial charge in [0.25, 0.3) is 0 Å². The van der Waals surface area contributed by atoms with Gasteiger partial charge in [-0.1, -0.05) is 17.8 Å². The third kappa shape index (κ3) is 2.12. The third-order valence-corrected chi connectivity index (χ3v) is 4.49. The number of nitrogens with one attached hydrogen (secondary N) is 1. The first-order valence-electron chi connectivity index (χ1n) is 6.20. The van der Waals surface area contributed by atoms with Crippen molar-refractivity contribution in [2.75, 3.05) is 5.32 Å². The van der Waals surface area contributed by atoms with Crippen molar-refractivity contribution in [2.45, 2.75) is 38.0 Å². The molecule has 2 aliphatic carbocycles. The predicted octanol–water partition coefficient (Wildman–Crippen LogP) is 2.46. The van der Waals surface area contributed by atoms with Crippen molar-refractivity contribution in [1.82, 2.24) is 4.98 Å². The van der Waals surface area contributed by atoms with Gasteiger partial charge >= 0.3 is 5.97 Å². The summed E-state index contributed by atoms with van der Waals surface area (Å²) in [6.45, 7) is 0. The molecule has 6 heteroatoms. The standard InChI is InChI=1S/C12H14N2O3S/c15-10(7-4-5-7)14-12-13-8(6-2-1-3-6)9(18-12)11(16)17/h6-7H,1-5H2,(H,16,17)(H,13,14,15). The van der Waals surface area contributed by atoms with E-state index in [9.17, 15) is 9.59 Å². The number of carbonyl (C=O) groups is 2. The van der Waals surface area contributed by atoms with Crippen LogP contribution in [0.4, 0.5) is 5.13 Å². The molecule has 1 heterocycles. The first-order valence-corrected chi connectivity index (χ1v) is 7.01. The molecule has 0 unspecified atom stereocenters. The van der Waals surface area contributed by atoms with Gasteiger partial charge in [-0.25, -0.2) is 9.78 Å². The smallest absolute Gasteiger partial charge is 0.347 e. The summed E-state index contributed by atoms with van der Waals surface area (Å²) in [6, 6.07) is 0. The van der Waals surface area contributed by atoms with Crippen LogP contribution in [0.5, 0.6) is 0 Å². The fraction of sp³-hybridized carbons (Fsp3) is 0.583. The van der Waals surface area contributed by atoms with Crippen molar-refractivity contribution < 1.29 is 14.7 Å². The molecule has 2 fully saturated rings. The van der Waals surface area contributed by atoms with Crippen LogP contribution in [-0.4, -0.2) is 22.0 Å². The summed E-state index contributed by atoms with van der Waals surface area (Å²) in [5, 5.41) is 12.3. The Hall–Kier alpha value is -1.43. The summed E-state index contributed by atoms with van der Waals surface area (Å²) < 4.78 is 0. The topological polar surface area (TPSA) is 79.3 Å². The molecule has 0 radical (unpaired) electrons. The van der Waals surface area contributed by atoms with Gasteiger partial charge in [-0.3, -0.25) is 4.79 Å². The number of amides is 1. The number of carbonyl (C=O) groups excluding carboxylic acids is 1. The Labute approximate surface area is 108 Å². The van der Waals surface area contributed by atoms with Crippen LogP contribution in [0.25, 0.3) is 0 Å². The van der Waals surface area contributed by atoms with Crippen LogP contribution in [0.3, 0.4) is 0 Å². The maximum Gasteiger partial charge on any atom is 0.347 e. The van der Waals surface area contributed by atoms with Gasteiger partial charge in [0.15, 0.2) is 5.13 Å². The van der Waals surface area contributed by atoms with E-state index in [0.29, 0.717) is 10.8 Å². The van der Waals surface area contributed by atoms with Gasteiger partial charge in [-0.15, -0.1) is 0 Å². The van der Waals surface area contributed by atoms with Crippen LogP contribution in [0, 0.1) is 5.92 Å². The quantitative estimate of drug-likeness (QED) is 0.877. The molecule has 0 spiro atoms. The minimum Gasteiger partial charge on any atom is -0.477 e. The largest absolute Gasteiger partial charge is 0.477 e. The summed E-state index contributed by atoms with van der Waals surface area (Å²) in [6.07, 6.45) is 4.99. The van der Waals surface area contributed by atoms with Gasteiger partial charge in [-0.05, 0) is 25.7 Å². The SMILES string of the molecule is O=C(O)c1sc(NC(=O)C2CC2)nc1C1CCC1. The fourth-order valence-electron chi connectivity index (χ4n) is 2.05. The van der Waals surface area contributed by atoms with Crippen LogP contribution in [0.1, 0.15) is 53.4 Å². The number of hydrogen-bond donors (Lipinski definition) is 2. The Balaban J connectivity index is 1.81. The first-order chi connectivity index (χ1) is 8.65. The van der Waals surface area contributed by atoms with Gasteiger partial charge in [0.2, 0.25) is 5.91 Å². The highest BCUT2D eigenvalue weighted by Crippen LogP contribution is 2.40. The Morgan fingerprint density at radius 2 is 2.00 bits per heavy atom. The zero-order valence-corrected chi connectivity index (χ0v) is 10.6. The second-order valence-electron chi connectivity index (χ2n) is 4.93. The molecule has 0 bridgehead atoms. The van der Waals surface area contributed by atoms with Crippen molar-refractivity contribution >= 4 is 28.3 Å². The third-order valence-electron chi connectivity index (χ3n) is 3.52. The van der Waals surface area contributed by atoms with Crippen molar-refractivity contribution in [3.05, 3.63) is 10.6 Å². The average Bonchev–Trinajstić information content (AvgIpc) is 3.00. The molecule has 0 saturated heterocycles. The number of thiazole rings is 1. The zero-order valence-electron chi connectivity index (χ0n) is 9.81. The van der Waals surface area contributed by atoms with Crippen molar-refractivity contribution in [2.24, 2.45) is 5.92 Å². The Bertz CT molecular complexity index is 503. The Kier molecular flexibility index (Phi) is 2.81. The molecule has 1 aromatic rings. The molecule has 0 aromatic carbocycles. The summed E-state index contributed by atoms with van der Waals surface area (Å²) in [5.41, 5.74) is 0.657. The van der Waals surface area contributed by atoms with E-state index in [2.05, 4.69) is 10.3 Å². The van der Waals surface area contributed by atoms with Crippen molar-refractivity contribution in [1.29, 1.82) is 0 Å². The molecular weight excluding hydrogens is 252 g/mol. The van der Waals surface area contributed by atoms with E-state index in [1.165, 1.54) is 0 Å². The lowest BCUT2D eigenvalue weighted by Gasteiger charge is -2.23. The molecular formula is C12H14N2O3S. The summed E-state index contributed by atoms with van der Waals surface area (Å²) in [5.74, 6) is -0.601. The van der Waals surface area contributed by atoms with Crippen LogP contribution in [0.2, 0.25) is 0 Å². The van der Waals surface area contributed by atoms with E-state index in [-0.39, 0.29) is 22.6 Å². The predicted molar refractivity (Wildman–Crippen MR) is 67.0 cm³/mol. The summed E-state index contributed by atoms with van der Waals surface area (Å²) in [4.78, 5) is 27.4. The fourth-order valence-corrected chi connectivity index (χ4v) is 2.94. The van der Waals surface area contributed by atoms with Crippen LogP contribution in [0.15, 0.2) is 0 Å². The zero-order chi connectivity index (χ0) is 12.7. The maximum absolute atomic E-state index is 11.6. The summed E-state index contributed by atoms with van der Waals surface area (Å²) >= 11 is 1.08. The first kappa shape index (κ1) is 11.6. The molecule has 0 aliphatic heterocycles. The second kappa shape index (κ2) is 4.35. The van der Waals surface area contributed by atoms with E-state index in [1.807, 2.05) is 0 Å². The van der Waals surface area contributed by atoms with E-state index >= 15 is 0 Å². The number of aromatic carboxylic acids is 1. The lowest BCUT2D eigenvalue weighted by atomic mass is 9.82. The molecule has 5 nitrogen and oxygen atoms in total. The molecule has 1 amide bonds. The minimum absolute atomic E-state index is 0.0270. The minimum atomic E-state index is -0.943. The number of hydrogen-bond acceptors (Lipinski definition) is 4. The van der Waals surface area contributed by atoms with Gasteiger partial charge in [0.1, 0.15) is 4.88 Å². The monoisotopic (exact) mass is 266 g/mol. The Morgan fingerprint density at radius 3 is 2.50 bits per heavy atom. The van der Waals surface area contributed by atoms with Crippen molar-refractivity contribution in [3.8, 4) is 0 Å². The molecule has 96 valence electrons. The highest BCUT2D eigenvalue weighted by atomic mass is 32.1.